The van der Waals surface area contributed by atoms with Crippen molar-refractivity contribution in [3.63, 3.8) is 0 Å². The highest BCUT2D eigenvalue weighted by Gasteiger charge is 2.39. The van der Waals surface area contributed by atoms with Gasteiger partial charge in [-0.1, -0.05) is 32.0 Å². The highest BCUT2D eigenvalue weighted by molar-refractivity contribution is 6.18. The maximum Gasteiger partial charge on any atom is 0.342 e. The molecule has 1 N–H and O–H groups in total. The standard InChI is InChI=1S/C29H40N4O4/c1-20(2)37-27(34)23-18-33(19-29(3,4)25-22-9-5-6-10-24(22)30-26(23)25)28(35)32-11-7-8-21(17-32)16-31-12-14-36-15-13-31/h5-6,9-10,18,20-21,30H,7-8,11-17,19H2,1-4H3/t21-/m1/s1. The van der Waals surface area contributed by atoms with Crippen LogP contribution in [0.5, 0.6) is 0 Å². The molecule has 2 saturated heterocycles. The summed E-state index contributed by atoms with van der Waals surface area (Å²) in [4.78, 5) is 37.0. The van der Waals surface area contributed by atoms with Gasteiger partial charge in [0.05, 0.1) is 30.6 Å². The summed E-state index contributed by atoms with van der Waals surface area (Å²) in [6, 6.07) is 8.07. The lowest BCUT2D eigenvalue weighted by molar-refractivity contribution is -0.140. The molecule has 2 amide bonds. The minimum atomic E-state index is -0.415. The fraction of sp³-hybridized carbons (Fsp3) is 0.586. The molecule has 1 aromatic carbocycles. The molecule has 4 heterocycles. The van der Waals surface area contributed by atoms with Crippen molar-refractivity contribution >= 4 is 28.5 Å². The maximum atomic E-state index is 14.0. The number of para-hydroxylation sites is 1. The van der Waals surface area contributed by atoms with E-state index >= 15 is 0 Å². The van der Waals surface area contributed by atoms with Crippen molar-refractivity contribution in [1.82, 2.24) is 19.7 Å². The van der Waals surface area contributed by atoms with Gasteiger partial charge in [-0.25, -0.2) is 9.59 Å². The molecule has 0 aliphatic carbocycles. The summed E-state index contributed by atoms with van der Waals surface area (Å²) in [6.07, 6.45) is 3.59. The monoisotopic (exact) mass is 508 g/mol. The van der Waals surface area contributed by atoms with Crippen LogP contribution in [0.1, 0.15) is 51.8 Å². The number of nitrogens with zero attached hydrogens (tertiary/aromatic N) is 3. The van der Waals surface area contributed by atoms with E-state index in [-0.39, 0.29) is 17.6 Å². The molecule has 8 heteroatoms. The van der Waals surface area contributed by atoms with Crippen LogP contribution in [0.4, 0.5) is 4.79 Å². The molecule has 1 atom stereocenters. The fourth-order valence-corrected chi connectivity index (χ4v) is 6.09. The Bertz CT molecular complexity index is 1180. The average molecular weight is 509 g/mol. The minimum absolute atomic E-state index is 0.0379. The molecule has 0 unspecified atom stereocenters. The Morgan fingerprint density at radius 3 is 2.68 bits per heavy atom. The fourth-order valence-electron chi connectivity index (χ4n) is 6.09. The van der Waals surface area contributed by atoms with Crippen molar-refractivity contribution in [3.8, 4) is 0 Å². The van der Waals surface area contributed by atoms with E-state index in [1.807, 2.05) is 36.9 Å². The van der Waals surface area contributed by atoms with E-state index in [1.54, 1.807) is 11.1 Å². The average Bonchev–Trinajstić information content (AvgIpc) is 3.21. The lowest BCUT2D eigenvalue weighted by atomic mass is 9.82. The van der Waals surface area contributed by atoms with Crippen LogP contribution < -0.4 is 0 Å². The zero-order chi connectivity index (χ0) is 26.2. The van der Waals surface area contributed by atoms with E-state index in [0.717, 1.165) is 80.9 Å². The molecule has 0 bridgehead atoms. The Morgan fingerprint density at radius 1 is 1.16 bits per heavy atom. The summed E-state index contributed by atoms with van der Waals surface area (Å²) in [6.45, 7) is 14.4. The number of esters is 1. The normalized spacial score (nSPS) is 22.5. The number of aromatic nitrogens is 1. The summed E-state index contributed by atoms with van der Waals surface area (Å²) in [7, 11) is 0. The molecule has 0 radical (unpaired) electrons. The molecule has 0 spiro atoms. The number of likely N-dealkylation sites (tertiary alicyclic amines) is 1. The van der Waals surface area contributed by atoms with Crippen LogP contribution in [0.3, 0.4) is 0 Å². The number of morpholine rings is 1. The summed E-state index contributed by atoms with van der Waals surface area (Å²) < 4.78 is 11.1. The number of carbonyl (C=O) groups excluding carboxylic acids is 2. The maximum absolute atomic E-state index is 14.0. The Morgan fingerprint density at radius 2 is 1.92 bits per heavy atom. The lowest BCUT2D eigenvalue weighted by Gasteiger charge is -2.39. The van der Waals surface area contributed by atoms with Gasteiger partial charge in [-0.3, -0.25) is 9.80 Å². The van der Waals surface area contributed by atoms with Gasteiger partial charge in [0.15, 0.2) is 0 Å². The van der Waals surface area contributed by atoms with Gasteiger partial charge in [0, 0.05) is 61.8 Å². The first-order valence-electron chi connectivity index (χ1n) is 13.6. The number of nitrogens with one attached hydrogen (secondary N) is 1. The first kappa shape index (κ1) is 25.8. The van der Waals surface area contributed by atoms with E-state index in [1.165, 1.54) is 0 Å². The van der Waals surface area contributed by atoms with Gasteiger partial charge in [0.2, 0.25) is 0 Å². The van der Waals surface area contributed by atoms with Crippen molar-refractivity contribution < 1.29 is 19.1 Å². The molecular weight excluding hydrogens is 468 g/mol. The molecule has 2 aromatic rings. The molecule has 3 aliphatic heterocycles. The summed E-state index contributed by atoms with van der Waals surface area (Å²) in [5.74, 6) is 0.0314. The van der Waals surface area contributed by atoms with E-state index < -0.39 is 5.97 Å². The number of carbonyl (C=O) groups is 2. The van der Waals surface area contributed by atoms with Crippen LogP contribution in [0.2, 0.25) is 0 Å². The number of hydrogen-bond acceptors (Lipinski definition) is 5. The van der Waals surface area contributed by atoms with E-state index in [4.69, 9.17) is 9.47 Å². The third kappa shape index (κ3) is 5.41. The molecule has 8 nitrogen and oxygen atoms in total. The number of hydrogen-bond donors (Lipinski definition) is 1. The van der Waals surface area contributed by atoms with Crippen molar-refractivity contribution in [2.24, 2.45) is 5.92 Å². The van der Waals surface area contributed by atoms with Crippen LogP contribution in [0, 0.1) is 5.92 Å². The van der Waals surface area contributed by atoms with Gasteiger partial charge in [-0.15, -0.1) is 0 Å². The number of amides is 2. The van der Waals surface area contributed by atoms with Gasteiger partial charge in [0.1, 0.15) is 0 Å². The number of benzene rings is 1. The van der Waals surface area contributed by atoms with Crippen molar-refractivity contribution in [2.45, 2.75) is 52.1 Å². The first-order chi connectivity index (χ1) is 17.7. The number of urea groups is 1. The zero-order valence-electron chi connectivity index (χ0n) is 22.6. The molecule has 5 rings (SSSR count). The number of rotatable bonds is 4. The van der Waals surface area contributed by atoms with Gasteiger partial charge < -0.3 is 19.4 Å². The molecule has 2 fully saturated rings. The van der Waals surface area contributed by atoms with Crippen molar-refractivity contribution in [1.29, 1.82) is 0 Å². The smallest absolute Gasteiger partial charge is 0.342 e. The molecule has 3 aliphatic rings. The third-order valence-corrected chi connectivity index (χ3v) is 7.72. The number of ether oxygens (including phenoxy) is 2. The molecule has 0 saturated carbocycles. The number of piperidine rings is 1. The van der Waals surface area contributed by atoms with E-state index in [0.29, 0.717) is 18.0 Å². The highest BCUT2D eigenvalue weighted by atomic mass is 16.5. The number of H-pyrrole nitrogens is 1. The van der Waals surface area contributed by atoms with Crippen LogP contribution in [-0.4, -0.2) is 90.3 Å². The minimum Gasteiger partial charge on any atom is -0.459 e. The predicted molar refractivity (Wildman–Crippen MR) is 144 cm³/mol. The topological polar surface area (TPSA) is 78.1 Å². The zero-order valence-corrected chi connectivity index (χ0v) is 22.6. The van der Waals surface area contributed by atoms with Crippen LogP contribution in [-0.2, 0) is 19.7 Å². The second-order valence-corrected chi connectivity index (χ2v) is 11.6. The highest BCUT2D eigenvalue weighted by Crippen LogP contribution is 2.40. The summed E-state index contributed by atoms with van der Waals surface area (Å²) in [5, 5.41) is 1.07. The van der Waals surface area contributed by atoms with Gasteiger partial charge >= 0.3 is 12.0 Å². The lowest BCUT2D eigenvalue weighted by Crippen LogP contribution is -2.50. The first-order valence-corrected chi connectivity index (χ1v) is 13.6. The Hall–Kier alpha value is -2.84. The number of aromatic amines is 1. The second-order valence-electron chi connectivity index (χ2n) is 11.6. The predicted octanol–water partition coefficient (Wildman–Crippen LogP) is 4.22. The SMILES string of the molecule is CC(C)OC(=O)C1=CN(C(=O)N2CCC[C@H](CN3CCOCC3)C2)CC(C)(C)c2c1[nH]c1ccccc21. The van der Waals surface area contributed by atoms with Gasteiger partial charge in [0.25, 0.3) is 0 Å². The third-order valence-electron chi connectivity index (χ3n) is 7.72. The number of fused-ring (bicyclic) bond motifs is 3. The van der Waals surface area contributed by atoms with Gasteiger partial charge in [-0.2, -0.15) is 0 Å². The molecular formula is C29H40N4O4. The summed E-state index contributed by atoms with van der Waals surface area (Å²) >= 11 is 0. The van der Waals surface area contributed by atoms with E-state index in [2.05, 4.69) is 29.8 Å². The van der Waals surface area contributed by atoms with Crippen LogP contribution >= 0.6 is 0 Å². The Labute approximate surface area is 219 Å². The van der Waals surface area contributed by atoms with Crippen LogP contribution in [0.25, 0.3) is 16.5 Å². The van der Waals surface area contributed by atoms with Gasteiger partial charge in [-0.05, 0) is 44.2 Å². The Kier molecular flexibility index (Phi) is 7.32. The van der Waals surface area contributed by atoms with E-state index in [9.17, 15) is 9.59 Å². The quantitative estimate of drug-likeness (QED) is 0.626. The van der Waals surface area contributed by atoms with Crippen molar-refractivity contribution in [2.75, 3.05) is 52.5 Å². The largest absolute Gasteiger partial charge is 0.459 e. The molecule has 1 aromatic heterocycles. The molecule has 37 heavy (non-hydrogen) atoms. The second kappa shape index (κ2) is 10.5. The van der Waals surface area contributed by atoms with Crippen LogP contribution in [0.15, 0.2) is 30.5 Å². The summed E-state index contributed by atoms with van der Waals surface area (Å²) in [5.41, 5.74) is 2.79. The molecule has 200 valence electrons. The Balaban J connectivity index is 1.45. The van der Waals surface area contributed by atoms with Crippen molar-refractivity contribution in [3.05, 3.63) is 41.7 Å².